The molecule has 202 valence electrons. The van der Waals surface area contributed by atoms with Gasteiger partial charge in [0.05, 0.1) is 30.2 Å². The van der Waals surface area contributed by atoms with Gasteiger partial charge in [-0.2, -0.15) is 0 Å². The third-order valence-electron chi connectivity index (χ3n) is 6.92. The van der Waals surface area contributed by atoms with Gasteiger partial charge in [0.15, 0.2) is 16.9 Å². The third-order valence-corrected chi connectivity index (χ3v) is 6.92. The number of carbonyl (C=O) groups is 1. The molecule has 0 saturated heterocycles. The Bertz CT molecular complexity index is 1570. The van der Waals surface area contributed by atoms with Crippen LogP contribution in [0.1, 0.15) is 66.0 Å². The summed E-state index contributed by atoms with van der Waals surface area (Å²) in [7, 11) is 0. The van der Waals surface area contributed by atoms with E-state index in [-0.39, 0.29) is 29.1 Å². The zero-order valence-corrected chi connectivity index (χ0v) is 22.6. The largest absolute Gasteiger partial charge is 0.490 e. The van der Waals surface area contributed by atoms with E-state index in [1.54, 1.807) is 29.2 Å². The Morgan fingerprint density at radius 2 is 1.74 bits per heavy atom. The van der Waals surface area contributed by atoms with Crippen molar-refractivity contribution in [2.45, 2.75) is 46.7 Å². The van der Waals surface area contributed by atoms with Crippen LogP contribution >= 0.6 is 0 Å². The van der Waals surface area contributed by atoms with E-state index >= 15 is 0 Å². The van der Waals surface area contributed by atoms with Crippen LogP contribution in [0, 0.1) is 18.7 Å². The zero-order chi connectivity index (χ0) is 27.7. The van der Waals surface area contributed by atoms with Crippen molar-refractivity contribution in [2.75, 3.05) is 13.2 Å². The molecule has 0 saturated carbocycles. The molecule has 7 heteroatoms. The van der Waals surface area contributed by atoms with Crippen molar-refractivity contribution in [3.8, 4) is 11.5 Å². The second kappa shape index (κ2) is 10.9. The van der Waals surface area contributed by atoms with Gasteiger partial charge in [0.25, 0.3) is 5.91 Å². The number of hydrogen-bond donors (Lipinski definition) is 0. The van der Waals surface area contributed by atoms with Crippen molar-refractivity contribution < 1.29 is 23.1 Å². The summed E-state index contributed by atoms with van der Waals surface area (Å²) in [4.78, 5) is 29.2. The molecule has 1 atom stereocenters. The predicted octanol–water partition coefficient (Wildman–Crippen LogP) is 6.81. The molecular weight excluding hydrogens is 497 g/mol. The van der Waals surface area contributed by atoms with Crippen LogP contribution in [0.15, 0.2) is 69.9 Å². The van der Waals surface area contributed by atoms with E-state index in [1.165, 1.54) is 12.1 Å². The lowest BCUT2D eigenvalue weighted by Gasteiger charge is -2.26. The van der Waals surface area contributed by atoms with Crippen LogP contribution in [-0.2, 0) is 6.54 Å². The number of amides is 1. The van der Waals surface area contributed by atoms with Gasteiger partial charge in [-0.05, 0) is 73.7 Å². The fourth-order valence-corrected chi connectivity index (χ4v) is 4.92. The summed E-state index contributed by atoms with van der Waals surface area (Å²) in [6, 6.07) is 16.1. The molecule has 0 N–H and O–H groups in total. The topological polar surface area (TPSA) is 69.0 Å². The van der Waals surface area contributed by atoms with Crippen LogP contribution in [0.5, 0.6) is 11.5 Å². The van der Waals surface area contributed by atoms with E-state index in [1.807, 2.05) is 38.1 Å². The monoisotopic (exact) mass is 529 g/mol. The van der Waals surface area contributed by atoms with E-state index in [0.29, 0.717) is 47.2 Å². The Morgan fingerprint density at radius 3 is 2.46 bits per heavy atom. The highest BCUT2D eigenvalue weighted by molar-refractivity contribution is 5.99. The fraction of sp³-hybridized carbons (Fsp3) is 0.312. The molecule has 1 unspecified atom stereocenters. The lowest BCUT2D eigenvalue weighted by molar-refractivity contribution is 0.0714. The second-order valence-corrected chi connectivity index (χ2v) is 10.3. The first-order chi connectivity index (χ1) is 18.8. The molecule has 1 aromatic heterocycles. The summed E-state index contributed by atoms with van der Waals surface area (Å²) in [6.45, 7) is 9.21. The van der Waals surface area contributed by atoms with Crippen LogP contribution in [-0.4, -0.2) is 24.0 Å². The minimum absolute atomic E-state index is 0.0266. The highest BCUT2D eigenvalue weighted by atomic mass is 19.1. The Hall–Kier alpha value is -4.13. The van der Waals surface area contributed by atoms with Gasteiger partial charge in [-0.3, -0.25) is 9.59 Å². The molecule has 0 radical (unpaired) electrons. The van der Waals surface area contributed by atoms with Gasteiger partial charge in [-0.25, -0.2) is 4.39 Å². The van der Waals surface area contributed by atoms with Gasteiger partial charge >= 0.3 is 0 Å². The maximum atomic E-state index is 13.9. The van der Waals surface area contributed by atoms with Crippen LogP contribution < -0.4 is 14.9 Å². The molecule has 1 aliphatic heterocycles. The van der Waals surface area contributed by atoms with Crippen molar-refractivity contribution in [3.05, 3.63) is 105 Å². The number of halogens is 1. The maximum Gasteiger partial charge on any atom is 0.291 e. The molecule has 6 nitrogen and oxygen atoms in total. The van der Waals surface area contributed by atoms with E-state index < -0.39 is 11.9 Å². The van der Waals surface area contributed by atoms with Gasteiger partial charge in [-0.1, -0.05) is 43.7 Å². The highest BCUT2D eigenvalue weighted by Crippen LogP contribution is 2.42. The third kappa shape index (κ3) is 5.26. The molecule has 0 spiro atoms. The highest BCUT2D eigenvalue weighted by Gasteiger charge is 2.43. The molecule has 1 amide bonds. The number of ether oxygens (including phenoxy) is 2. The first kappa shape index (κ1) is 26.5. The van der Waals surface area contributed by atoms with Crippen LogP contribution in [0.4, 0.5) is 4.39 Å². The number of fused-ring (bicyclic) bond motifs is 2. The zero-order valence-electron chi connectivity index (χ0n) is 22.6. The molecule has 1 aliphatic rings. The summed E-state index contributed by atoms with van der Waals surface area (Å²) in [5.41, 5.74) is 2.75. The summed E-state index contributed by atoms with van der Waals surface area (Å²) in [5, 5.41) is 0.425. The number of aryl methyl sites for hydroxylation is 1. The van der Waals surface area contributed by atoms with E-state index in [0.717, 1.165) is 17.5 Å². The number of nitrogens with zero attached hydrogens (tertiary/aromatic N) is 1. The van der Waals surface area contributed by atoms with Crippen LogP contribution in [0.2, 0.25) is 0 Å². The molecule has 0 bridgehead atoms. The predicted molar refractivity (Wildman–Crippen MR) is 148 cm³/mol. The van der Waals surface area contributed by atoms with Crippen molar-refractivity contribution in [1.29, 1.82) is 0 Å². The van der Waals surface area contributed by atoms with Crippen molar-refractivity contribution in [2.24, 2.45) is 5.92 Å². The standard InChI is InChI=1S/C32H32FNO5/c1-5-37-27-17-22(9-13-26(27)38-15-14-19(2)3)29-28-30(35)24-16-20(4)6-12-25(24)39-31(28)32(36)34(29)18-21-7-10-23(33)11-8-21/h6-13,16-17,19,29H,5,14-15,18H2,1-4H3. The van der Waals surface area contributed by atoms with E-state index in [4.69, 9.17) is 13.9 Å². The van der Waals surface area contributed by atoms with Crippen LogP contribution in [0.25, 0.3) is 11.0 Å². The fourth-order valence-electron chi connectivity index (χ4n) is 4.92. The number of rotatable bonds is 9. The minimum atomic E-state index is -0.720. The van der Waals surface area contributed by atoms with Crippen molar-refractivity contribution in [3.63, 3.8) is 0 Å². The summed E-state index contributed by atoms with van der Waals surface area (Å²) in [6.07, 6.45) is 0.900. The second-order valence-electron chi connectivity index (χ2n) is 10.3. The SMILES string of the molecule is CCOc1cc(C2c3c(oc4ccc(C)cc4c3=O)C(=O)N2Cc2ccc(F)cc2)ccc1OCCC(C)C. The summed E-state index contributed by atoms with van der Waals surface area (Å²) in [5.74, 6) is 0.921. The minimum Gasteiger partial charge on any atom is -0.490 e. The average molecular weight is 530 g/mol. The van der Waals surface area contributed by atoms with Gasteiger partial charge in [0.2, 0.25) is 5.76 Å². The molecule has 5 rings (SSSR count). The van der Waals surface area contributed by atoms with Gasteiger partial charge in [0, 0.05) is 6.54 Å². The number of carbonyl (C=O) groups excluding carboxylic acids is 1. The molecule has 39 heavy (non-hydrogen) atoms. The lowest BCUT2D eigenvalue weighted by Crippen LogP contribution is -2.29. The van der Waals surface area contributed by atoms with Crippen molar-refractivity contribution in [1.82, 2.24) is 4.90 Å². The van der Waals surface area contributed by atoms with Gasteiger partial charge in [-0.15, -0.1) is 0 Å². The molecule has 0 fully saturated rings. The molecule has 4 aromatic rings. The van der Waals surface area contributed by atoms with Gasteiger partial charge < -0.3 is 18.8 Å². The number of hydrogen-bond acceptors (Lipinski definition) is 5. The quantitative estimate of drug-likeness (QED) is 0.238. The first-order valence-corrected chi connectivity index (χ1v) is 13.3. The maximum absolute atomic E-state index is 13.9. The van der Waals surface area contributed by atoms with E-state index in [2.05, 4.69) is 13.8 Å². The Labute approximate surface area is 227 Å². The normalized spacial score (nSPS) is 14.8. The summed E-state index contributed by atoms with van der Waals surface area (Å²) < 4.78 is 31.6. The molecule has 0 aliphatic carbocycles. The lowest BCUT2D eigenvalue weighted by atomic mass is 9.97. The van der Waals surface area contributed by atoms with Gasteiger partial charge in [0.1, 0.15) is 11.4 Å². The number of benzene rings is 3. The Kier molecular flexibility index (Phi) is 7.42. The van der Waals surface area contributed by atoms with Crippen LogP contribution in [0.3, 0.4) is 0 Å². The molecular formula is C32H32FNO5. The smallest absolute Gasteiger partial charge is 0.291 e. The Balaban J connectivity index is 1.64. The molecule has 3 aromatic carbocycles. The Morgan fingerprint density at radius 1 is 0.974 bits per heavy atom. The first-order valence-electron chi connectivity index (χ1n) is 13.3. The van der Waals surface area contributed by atoms with E-state index in [9.17, 15) is 14.0 Å². The average Bonchev–Trinajstić information content (AvgIpc) is 3.18. The molecule has 2 heterocycles. The van der Waals surface area contributed by atoms with Crippen molar-refractivity contribution >= 4 is 16.9 Å². The summed E-state index contributed by atoms with van der Waals surface area (Å²) >= 11 is 0.